The highest BCUT2D eigenvalue weighted by atomic mass is 16.7. The minimum absolute atomic E-state index is 0.0668. The fourth-order valence-corrected chi connectivity index (χ4v) is 3.09. The van der Waals surface area contributed by atoms with Crippen molar-refractivity contribution in [3.8, 4) is 17.2 Å². The first-order valence-electron chi connectivity index (χ1n) is 9.50. The van der Waals surface area contributed by atoms with Crippen molar-refractivity contribution in [3.63, 3.8) is 0 Å². The van der Waals surface area contributed by atoms with Crippen molar-refractivity contribution in [2.75, 3.05) is 13.7 Å². The molecule has 3 rings (SSSR count). The predicted octanol–water partition coefficient (Wildman–Crippen LogP) is 0.476. The first kappa shape index (κ1) is 22.7. The van der Waals surface area contributed by atoms with E-state index in [0.29, 0.717) is 16.9 Å². The van der Waals surface area contributed by atoms with E-state index in [1.807, 2.05) is 0 Å². The number of aromatic hydroxyl groups is 1. The number of phenols is 1. The number of allylic oxidation sites excluding steroid dienone is 1. The third-order valence-corrected chi connectivity index (χ3v) is 4.87. The van der Waals surface area contributed by atoms with Crippen molar-refractivity contribution < 1.29 is 44.5 Å². The van der Waals surface area contributed by atoms with Gasteiger partial charge in [0, 0.05) is 17.2 Å². The summed E-state index contributed by atoms with van der Waals surface area (Å²) in [5, 5.41) is 48.4. The summed E-state index contributed by atoms with van der Waals surface area (Å²) >= 11 is 0. The number of hydrogen-bond acceptors (Lipinski definition) is 9. The number of benzene rings is 2. The molecule has 2 aromatic carbocycles. The minimum atomic E-state index is -1.55. The lowest BCUT2D eigenvalue weighted by Crippen LogP contribution is -2.60. The summed E-state index contributed by atoms with van der Waals surface area (Å²) in [4.78, 5) is 12.3. The Kier molecular flexibility index (Phi) is 7.26. The van der Waals surface area contributed by atoms with Gasteiger partial charge in [0.05, 0.1) is 13.7 Å². The van der Waals surface area contributed by atoms with E-state index in [0.717, 1.165) is 0 Å². The molecule has 1 fully saturated rings. The number of ether oxygens (including phenoxy) is 3. The summed E-state index contributed by atoms with van der Waals surface area (Å²) in [5.41, 5.74) is 0.992. The van der Waals surface area contributed by atoms with Gasteiger partial charge in [0.15, 0.2) is 5.78 Å². The van der Waals surface area contributed by atoms with Crippen LogP contribution in [-0.2, 0) is 4.74 Å². The highest BCUT2D eigenvalue weighted by Crippen LogP contribution is 2.29. The molecular weight excluding hydrogens is 408 g/mol. The minimum Gasteiger partial charge on any atom is -0.508 e. The van der Waals surface area contributed by atoms with Crippen LogP contribution >= 0.6 is 0 Å². The van der Waals surface area contributed by atoms with Crippen LogP contribution in [0.2, 0.25) is 0 Å². The molecule has 0 bridgehead atoms. The second-order valence-corrected chi connectivity index (χ2v) is 6.96. The summed E-state index contributed by atoms with van der Waals surface area (Å²) in [6, 6.07) is 10.5. The lowest BCUT2D eigenvalue weighted by Gasteiger charge is -2.39. The quantitative estimate of drug-likeness (QED) is 0.311. The number of hydrogen-bond donors (Lipinski definition) is 5. The lowest BCUT2D eigenvalue weighted by molar-refractivity contribution is -0.277. The Morgan fingerprint density at radius 3 is 2.42 bits per heavy atom. The van der Waals surface area contributed by atoms with E-state index in [2.05, 4.69) is 0 Å². The van der Waals surface area contributed by atoms with Gasteiger partial charge in [-0.05, 0) is 48.6 Å². The van der Waals surface area contributed by atoms with Gasteiger partial charge in [-0.3, -0.25) is 4.79 Å². The summed E-state index contributed by atoms with van der Waals surface area (Å²) in [7, 11) is 1.44. The van der Waals surface area contributed by atoms with Gasteiger partial charge in [0.1, 0.15) is 41.7 Å². The molecule has 1 aliphatic heterocycles. The Bertz CT molecular complexity index is 923. The summed E-state index contributed by atoms with van der Waals surface area (Å²) in [6.07, 6.45) is -4.05. The van der Waals surface area contributed by atoms with E-state index in [4.69, 9.17) is 14.2 Å². The molecule has 5 unspecified atom stereocenters. The van der Waals surface area contributed by atoms with Gasteiger partial charge in [0.25, 0.3) is 0 Å². The van der Waals surface area contributed by atoms with Gasteiger partial charge in [-0.25, -0.2) is 0 Å². The normalized spacial score (nSPS) is 26.0. The van der Waals surface area contributed by atoms with Gasteiger partial charge < -0.3 is 39.7 Å². The fraction of sp³-hybridized carbons (Fsp3) is 0.318. The largest absolute Gasteiger partial charge is 0.508 e. The Morgan fingerprint density at radius 1 is 1.06 bits per heavy atom. The van der Waals surface area contributed by atoms with E-state index < -0.39 is 37.3 Å². The van der Waals surface area contributed by atoms with Gasteiger partial charge in [-0.2, -0.15) is 0 Å². The average molecular weight is 432 g/mol. The van der Waals surface area contributed by atoms with E-state index in [9.17, 15) is 30.3 Å². The molecule has 0 saturated carbocycles. The van der Waals surface area contributed by atoms with Crippen LogP contribution in [0.5, 0.6) is 17.2 Å². The maximum atomic E-state index is 12.3. The molecule has 0 aliphatic carbocycles. The lowest BCUT2D eigenvalue weighted by atomic mass is 9.99. The number of carbonyl (C=O) groups is 1. The topological polar surface area (TPSA) is 146 Å². The van der Waals surface area contributed by atoms with Crippen LogP contribution in [0.1, 0.15) is 15.9 Å². The molecule has 31 heavy (non-hydrogen) atoms. The molecule has 9 heteroatoms. The Morgan fingerprint density at radius 2 is 1.77 bits per heavy atom. The molecule has 1 heterocycles. The molecule has 5 N–H and O–H groups in total. The Hall–Kier alpha value is -2.95. The SMILES string of the molecule is COc1cc(OC2OC(CO)C(O)C(O)C2O)ccc1/C=C\C(=O)c1ccc(O)cc1. The highest BCUT2D eigenvalue weighted by molar-refractivity contribution is 6.07. The second-order valence-electron chi connectivity index (χ2n) is 6.96. The van der Waals surface area contributed by atoms with Crippen LogP contribution in [0.4, 0.5) is 0 Å². The summed E-state index contributed by atoms with van der Waals surface area (Å²) in [6.45, 7) is -0.563. The number of phenolic OH excluding ortho intramolecular Hbond substituents is 1. The zero-order valence-electron chi connectivity index (χ0n) is 16.7. The van der Waals surface area contributed by atoms with E-state index >= 15 is 0 Å². The highest BCUT2D eigenvalue weighted by Gasteiger charge is 2.44. The first-order chi connectivity index (χ1) is 14.8. The van der Waals surface area contributed by atoms with E-state index in [-0.39, 0.29) is 17.3 Å². The molecule has 9 nitrogen and oxygen atoms in total. The number of carbonyl (C=O) groups excluding carboxylic acids is 1. The molecule has 0 spiro atoms. The van der Waals surface area contributed by atoms with Crippen LogP contribution in [0.15, 0.2) is 48.5 Å². The second kappa shape index (κ2) is 9.90. The standard InChI is InChI=1S/C22H24O9/c1-29-17-10-15(30-22-21(28)20(27)19(26)18(11-23)31-22)8-4-13(17)5-9-16(25)12-2-6-14(24)7-3-12/h2-10,18-24,26-28H,11H2,1H3/b9-5-. The zero-order chi connectivity index (χ0) is 22.5. The molecular formula is C22H24O9. The van der Waals surface area contributed by atoms with Gasteiger partial charge >= 0.3 is 0 Å². The summed E-state index contributed by atoms with van der Waals surface area (Å²) < 4.78 is 16.2. The molecule has 0 aromatic heterocycles. The molecule has 0 amide bonds. The van der Waals surface area contributed by atoms with Gasteiger partial charge in [0.2, 0.25) is 6.29 Å². The Balaban J connectivity index is 1.73. The van der Waals surface area contributed by atoms with E-state index in [1.54, 1.807) is 18.2 Å². The number of aliphatic hydroxyl groups excluding tert-OH is 4. The third kappa shape index (κ3) is 5.22. The number of aliphatic hydroxyl groups is 4. The molecule has 1 saturated heterocycles. The summed E-state index contributed by atoms with van der Waals surface area (Å²) in [5.74, 6) is 0.418. The van der Waals surface area contributed by atoms with Crippen LogP contribution < -0.4 is 9.47 Å². The van der Waals surface area contributed by atoms with Crippen molar-refractivity contribution in [3.05, 3.63) is 59.7 Å². The van der Waals surface area contributed by atoms with Crippen LogP contribution in [0.25, 0.3) is 6.08 Å². The maximum absolute atomic E-state index is 12.3. The number of ketones is 1. The van der Waals surface area contributed by atoms with Crippen LogP contribution in [-0.4, -0.2) is 75.7 Å². The first-order valence-corrected chi connectivity index (χ1v) is 9.50. The smallest absolute Gasteiger partial charge is 0.229 e. The molecule has 5 atom stereocenters. The average Bonchev–Trinajstić information content (AvgIpc) is 2.78. The maximum Gasteiger partial charge on any atom is 0.229 e. The van der Waals surface area contributed by atoms with Crippen molar-refractivity contribution in [2.24, 2.45) is 0 Å². The van der Waals surface area contributed by atoms with Crippen LogP contribution in [0.3, 0.4) is 0 Å². The Labute approximate surface area is 178 Å². The number of methoxy groups -OCH3 is 1. The predicted molar refractivity (Wildman–Crippen MR) is 109 cm³/mol. The fourth-order valence-electron chi connectivity index (χ4n) is 3.09. The molecule has 2 aromatic rings. The van der Waals surface area contributed by atoms with Crippen molar-refractivity contribution in [1.29, 1.82) is 0 Å². The zero-order valence-corrected chi connectivity index (χ0v) is 16.7. The van der Waals surface area contributed by atoms with Gasteiger partial charge in [-0.15, -0.1) is 0 Å². The third-order valence-electron chi connectivity index (χ3n) is 4.87. The number of rotatable bonds is 7. The monoisotopic (exact) mass is 432 g/mol. The molecule has 0 radical (unpaired) electrons. The van der Waals surface area contributed by atoms with Gasteiger partial charge in [-0.1, -0.05) is 0 Å². The molecule has 166 valence electrons. The van der Waals surface area contributed by atoms with E-state index in [1.165, 1.54) is 43.5 Å². The molecule has 1 aliphatic rings. The van der Waals surface area contributed by atoms with Crippen molar-refractivity contribution in [1.82, 2.24) is 0 Å². The van der Waals surface area contributed by atoms with Crippen LogP contribution in [0, 0.1) is 0 Å². The van der Waals surface area contributed by atoms with Crippen molar-refractivity contribution in [2.45, 2.75) is 30.7 Å². The van der Waals surface area contributed by atoms with Crippen molar-refractivity contribution >= 4 is 11.9 Å².